The van der Waals surface area contributed by atoms with Gasteiger partial charge in [0.15, 0.2) is 12.2 Å². The van der Waals surface area contributed by atoms with Crippen molar-refractivity contribution in [3.63, 3.8) is 0 Å². The number of furan rings is 1. The first-order valence-corrected chi connectivity index (χ1v) is 9.72. The SMILES string of the molecule is CCOC(=O)c1c(-c2ccc(OC)cc2OCC(=O)O)c2oc3ccccc3c2[nH]c1=O. The number of rotatable bonds is 7. The molecular weight excluding hydrogens is 418 g/mol. The van der Waals surface area contributed by atoms with Gasteiger partial charge in [-0.2, -0.15) is 0 Å². The van der Waals surface area contributed by atoms with E-state index in [1.807, 2.05) is 0 Å². The van der Waals surface area contributed by atoms with Gasteiger partial charge in [-0.1, -0.05) is 12.1 Å². The van der Waals surface area contributed by atoms with Crippen molar-refractivity contribution in [3.8, 4) is 22.6 Å². The molecule has 0 aliphatic rings. The number of ether oxygens (including phenoxy) is 3. The van der Waals surface area contributed by atoms with Gasteiger partial charge in [0.05, 0.1) is 24.8 Å². The third kappa shape index (κ3) is 3.64. The lowest BCUT2D eigenvalue weighted by Gasteiger charge is -2.14. The average Bonchev–Trinajstić information content (AvgIpc) is 3.15. The number of hydrogen-bond acceptors (Lipinski definition) is 7. The monoisotopic (exact) mass is 437 g/mol. The van der Waals surface area contributed by atoms with Crippen molar-refractivity contribution in [1.82, 2.24) is 4.98 Å². The van der Waals surface area contributed by atoms with E-state index in [1.54, 1.807) is 43.3 Å². The molecule has 4 rings (SSSR count). The zero-order chi connectivity index (χ0) is 22.8. The number of esters is 1. The van der Waals surface area contributed by atoms with Crippen molar-refractivity contribution in [3.05, 3.63) is 58.4 Å². The lowest BCUT2D eigenvalue weighted by molar-refractivity contribution is -0.139. The highest BCUT2D eigenvalue weighted by Crippen LogP contribution is 2.41. The molecule has 0 aliphatic heterocycles. The summed E-state index contributed by atoms with van der Waals surface area (Å²) in [5.41, 5.74) is 0.614. The number of pyridine rings is 1. The average molecular weight is 437 g/mol. The van der Waals surface area contributed by atoms with Crippen LogP contribution in [0.15, 0.2) is 51.7 Å². The number of aromatic amines is 1. The summed E-state index contributed by atoms with van der Waals surface area (Å²) in [6.45, 7) is 1.04. The van der Waals surface area contributed by atoms with Gasteiger partial charge in [-0.3, -0.25) is 4.79 Å². The number of nitrogens with one attached hydrogen (secondary N) is 1. The Balaban J connectivity index is 2.10. The molecule has 32 heavy (non-hydrogen) atoms. The summed E-state index contributed by atoms with van der Waals surface area (Å²) >= 11 is 0. The van der Waals surface area contributed by atoms with Crippen LogP contribution in [0.3, 0.4) is 0 Å². The van der Waals surface area contributed by atoms with Crippen molar-refractivity contribution in [2.24, 2.45) is 0 Å². The summed E-state index contributed by atoms with van der Waals surface area (Å²) in [6, 6.07) is 11.7. The quantitative estimate of drug-likeness (QED) is 0.420. The number of para-hydroxylation sites is 1. The molecule has 0 bridgehead atoms. The maximum absolute atomic E-state index is 13.0. The minimum absolute atomic E-state index is 0.0564. The molecule has 2 aromatic carbocycles. The van der Waals surface area contributed by atoms with Crippen LogP contribution in [0.2, 0.25) is 0 Å². The van der Waals surface area contributed by atoms with E-state index < -0.39 is 24.1 Å². The fourth-order valence-corrected chi connectivity index (χ4v) is 3.50. The number of fused-ring (bicyclic) bond motifs is 3. The molecule has 0 amide bonds. The van der Waals surface area contributed by atoms with Crippen LogP contribution >= 0.6 is 0 Å². The van der Waals surface area contributed by atoms with E-state index in [4.69, 9.17) is 23.7 Å². The highest BCUT2D eigenvalue weighted by Gasteiger charge is 2.27. The number of carboxylic acids is 1. The van der Waals surface area contributed by atoms with Gasteiger partial charge in [-0.25, -0.2) is 9.59 Å². The highest BCUT2D eigenvalue weighted by atomic mass is 16.5. The zero-order valence-corrected chi connectivity index (χ0v) is 17.3. The molecule has 0 saturated carbocycles. The minimum atomic E-state index is -1.19. The number of aliphatic carboxylic acids is 1. The predicted molar refractivity (Wildman–Crippen MR) is 115 cm³/mol. The van der Waals surface area contributed by atoms with Crippen molar-refractivity contribution in [2.75, 3.05) is 20.3 Å². The van der Waals surface area contributed by atoms with Gasteiger partial charge >= 0.3 is 11.9 Å². The molecule has 0 unspecified atom stereocenters. The van der Waals surface area contributed by atoms with Gasteiger partial charge < -0.3 is 28.7 Å². The molecule has 0 atom stereocenters. The number of hydrogen-bond donors (Lipinski definition) is 2. The van der Waals surface area contributed by atoms with E-state index in [0.717, 1.165) is 0 Å². The second-order valence-electron chi connectivity index (χ2n) is 6.77. The molecule has 0 aliphatic carbocycles. The maximum Gasteiger partial charge on any atom is 0.344 e. The first-order valence-electron chi connectivity index (χ1n) is 9.72. The number of aromatic nitrogens is 1. The minimum Gasteiger partial charge on any atom is -0.497 e. The second-order valence-corrected chi connectivity index (χ2v) is 6.77. The highest BCUT2D eigenvalue weighted by molar-refractivity contribution is 6.12. The van der Waals surface area contributed by atoms with Gasteiger partial charge in [-0.05, 0) is 31.2 Å². The summed E-state index contributed by atoms with van der Waals surface area (Å²) in [5, 5.41) is 9.73. The first-order chi connectivity index (χ1) is 15.4. The van der Waals surface area contributed by atoms with Crippen LogP contribution in [0.5, 0.6) is 11.5 Å². The number of carbonyl (C=O) groups excluding carboxylic acids is 1. The standard InChI is InChI=1S/C23H19NO8/c1-3-30-23(28)19-18(13-9-8-12(29-2)10-16(13)31-11-17(25)26)21-20(24-22(19)27)14-6-4-5-7-15(14)32-21/h4-10H,3,11H2,1-2H3,(H,24,27)(H,25,26). The van der Waals surface area contributed by atoms with Gasteiger partial charge in [0.25, 0.3) is 5.56 Å². The molecule has 9 nitrogen and oxygen atoms in total. The normalized spacial score (nSPS) is 10.9. The van der Waals surface area contributed by atoms with Crippen LogP contribution in [0, 0.1) is 0 Å². The lowest BCUT2D eigenvalue weighted by atomic mass is 9.98. The van der Waals surface area contributed by atoms with Gasteiger partial charge in [0.2, 0.25) is 0 Å². The van der Waals surface area contributed by atoms with Crippen LogP contribution in [-0.4, -0.2) is 42.4 Å². The van der Waals surface area contributed by atoms with Gasteiger partial charge in [0, 0.05) is 17.0 Å². The van der Waals surface area contributed by atoms with Crippen molar-refractivity contribution in [2.45, 2.75) is 6.92 Å². The molecule has 0 fully saturated rings. The molecule has 0 radical (unpaired) electrons. The number of carboxylic acid groups (broad SMARTS) is 1. The summed E-state index contributed by atoms with van der Waals surface area (Å²) in [7, 11) is 1.45. The summed E-state index contributed by atoms with van der Waals surface area (Å²) < 4.78 is 21.8. The van der Waals surface area contributed by atoms with E-state index in [1.165, 1.54) is 13.2 Å². The van der Waals surface area contributed by atoms with Gasteiger partial charge in [0.1, 0.15) is 22.6 Å². The number of carbonyl (C=O) groups is 2. The Labute approximate surface area is 181 Å². The van der Waals surface area contributed by atoms with Gasteiger partial charge in [-0.15, -0.1) is 0 Å². The maximum atomic E-state index is 13.0. The van der Waals surface area contributed by atoms with E-state index in [-0.39, 0.29) is 34.6 Å². The third-order valence-electron chi connectivity index (χ3n) is 4.83. The van der Waals surface area contributed by atoms with E-state index in [0.29, 0.717) is 22.2 Å². The van der Waals surface area contributed by atoms with Crippen LogP contribution in [0.25, 0.3) is 33.2 Å². The molecule has 2 N–H and O–H groups in total. The number of methoxy groups -OCH3 is 1. The predicted octanol–water partition coefficient (Wildman–Crippen LogP) is 3.59. The van der Waals surface area contributed by atoms with Crippen LogP contribution in [0.4, 0.5) is 0 Å². The fraction of sp³-hybridized carbons (Fsp3) is 0.174. The molecule has 9 heteroatoms. The smallest absolute Gasteiger partial charge is 0.344 e. The Morgan fingerprint density at radius 3 is 2.66 bits per heavy atom. The van der Waals surface area contributed by atoms with Crippen molar-refractivity contribution < 1.29 is 33.3 Å². The Morgan fingerprint density at radius 1 is 1.16 bits per heavy atom. The molecule has 0 saturated heterocycles. The van der Waals surface area contributed by atoms with E-state index in [2.05, 4.69) is 4.98 Å². The number of H-pyrrole nitrogens is 1. The molecule has 2 heterocycles. The van der Waals surface area contributed by atoms with Crippen molar-refractivity contribution >= 4 is 34.0 Å². The van der Waals surface area contributed by atoms with Crippen LogP contribution in [-0.2, 0) is 9.53 Å². The Morgan fingerprint density at radius 2 is 1.94 bits per heavy atom. The summed E-state index contributed by atoms with van der Waals surface area (Å²) in [6.07, 6.45) is 0. The lowest BCUT2D eigenvalue weighted by Crippen LogP contribution is -2.21. The Kier molecular flexibility index (Phi) is 5.55. The van der Waals surface area contributed by atoms with Crippen LogP contribution in [0.1, 0.15) is 17.3 Å². The molecular formula is C23H19NO8. The Bertz CT molecular complexity index is 1400. The summed E-state index contributed by atoms with van der Waals surface area (Å²) in [4.78, 5) is 39.6. The molecule has 2 aromatic heterocycles. The summed E-state index contributed by atoms with van der Waals surface area (Å²) in [5.74, 6) is -1.53. The third-order valence-corrected chi connectivity index (χ3v) is 4.83. The topological polar surface area (TPSA) is 128 Å². The second kappa shape index (κ2) is 8.46. The first kappa shape index (κ1) is 21.0. The fourth-order valence-electron chi connectivity index (χ4n) is 3.50. The largest absolute Gasteiger partial charge is 0.497 e. The van der Waals surface area contributed by atoms with Crippen LogP contribution < -0.4 is 15.0 Å². The number of benzene rings is 2. The molecule has 0 spiro atoms. The molecule has 4 aromatic rings. The van der Waals surface area contributed by atoms with E-state index in [9.17, 15) is 14.4 Å². The van der Waals surface area contributed by atoms with E-state index >= 15 is 0 Å². The molecule has 164 valence electrons. The Hall–Kier alpha value is -4.27. The zero-order valence-electron chi connectivity index (χ0n) is 17.3. The van der Waals surface area contributed by atoms with Crippen molar-refractivity contribution in [1.29, 1.82) is 0 Å².